The van der Waals surface area contributed by atoms with Crippen LogP contribution in [0.15, 0.2) is 0 Å². The van der Waals surface area contributed by atoms with E-state index in [0.717, 1.165) is 54.8 Å². The molecule has 1 unspecified atom stereocenters. The van der Waals surface area contributed by atoms with Gasteiger partial charge in [0.15, 0.2) is 0 Å². The summed E-state index contributed by atoms with van der Waals surface area (Å²) < 4.78 is 0. The molecule has 2 nitrogen and oxygen atoms in total. The van der Waals surface area contributed by atoms with Crippen molar-refractivity contribution in [2.24, 2.45) is 46.8 Å². The van der Waals surface area contributed by atoms with E-state index in [1.807, 2.05) is 0 Å². The van der Waals surface area contributed by atoms with Crippen LogP contribution in [0.4, 0.5) is 0 Å². The lowest BCUT2D eigenvalue weighted by molar-refractivity contribution is -0.110. The summed E-state index contributed by atoms with van der Waals surface area (Å²) in [6.45, 7) is 7.37. The Morgan fingerprint density at radius 1 is 0.960 bits per heavy atom. The molecule has 0 amide bonds. The molecule has 4 aliphatic rings. The Labute approximate surface area is 154 Å². The Morgan fingerprint density at radius 2 is 1.72 bits per heavy atom. The second-order valence-electron chi connectivity index (χ2n) is 10.6. The maximum Gasteiger partial charge on any atom is 0.0648 e. The number of rotatable bonds is 3. The molecule has 0 heterocycles. The molecule has 0 bridgehead atoms. The first kappa shape index (κ1) is 18.3. The molecule has 4 saturated carbocycles. The number of aliphatic hydroxyl groups is 2. The molecule has 0 saturated heterocycles. The third-order valence-corrected chi connectivity index (χ3v) is 9.81. The van der Waals surface area contributed by atoms with Crippen molar-refractivity contribution >= 4 is 0 Å². The lowest BCUT2D eigenvalue weighted by Crippen LogP contribution is -2.51. The fraction of sp³-hybridized carbons (Fsp3) is 1.00. The van der Waals surface area contributed by atoms with Gasteiger partial charge in [0.25, 0.3) is 0 Å². The smallest absolute Gasteiger partial charge is 0.0648 e. The average molecular weight is 349 g/mol. The van der Waals surface area contributed by atoms with Crippen LogP contribution >= 0.6 is 0 Å². The van der Waals surface area contributed by atoms with E-state index in [-0.39, 0.29) is 5.60 Å². The predicted molar refractivity (Wildman–Crippen MR) is 102 cm³/mol. The van der Waals surface area contributed by atoms with E-state index in [4.69, 9.17) is 0 Å². The zero-order chi connectivity index (χ0) is 17.8. The molecule has 4 aliphatic carbocycles. The first-order valence-electron chi connectivity index (χ1n) is 11.2. The number of hydrogen-bond donors (Lipinski definition) is 2. The first-order chi connectivity index (χ1) is 11.9. The number of hydrogen-bond acceptors (Lipinski definition) is 2. The molecule has 4 rings (SSSR count). The fourth-order valence-corrected chi connectivity index (χ4v) is 8.39. The van der Waals surface area contributed by atoms with Gasteiger partial charge in [-0.15, -0.1) is 0 Å². The molecule has 0 aromatic carbocycles. The highest BCUT2D eigenvalue weighted by atomic mass is 16.3. The van der Waals surface area contributed by atoms with Crippen LogP contribution in [-0.4, -0.2) is 22.4 Å². The topological polar surface area (TPSA) is 40.5 Å². The quantitative estimate of drug-likeness (QED) is 0.751. The molecule has 25 heavy (non-hydrogen) atoms. The summed E-state index contributed by atoms with van der Waals surface area (Å²) in [5.41, 5.74) is 0.126. The summed E-state index contributed by atoms with van der Waals surface area (Å²) in [4.78, 5) is 0. The van der Waals surface area contributed by atoms with Gasteiger partial charge >= 0.3 is 0 Å². The van der Waals surface area contributed by atoms with E-state index in [2.05, 4.69) is 20.8 Å². The van der Waals surface area contributed by atoms with Gasteiger partial charge in [0.1, 0.15) is 0 Å². The second kappa shape index (κ2) is 6.51. The van der Waals surface area contributed by atoms with E-state index in [9.17, 15) is 10.2 Å². The normalized spacial score (nSPS) is 53.6. The van der Waals surface area contributed by atoms with Gasteiger partial charge in [0.05, 0.1) is 5.60 Å². The van der Waals surface area contributed by atoms with E-state index in [1.54, 1.807) is 0 Å². The van der Waals surface area contributed by atoms with Gasteiger partial charge in [-0.2, -0.15) is 0 Å². The highest BCUT2D eigenvalue weighted by Crippen LogP contribution is 2.65. The van der Waals surface area contributed by atoms with Crippen molar-refractivity contribution < 1.29 is 10.2 Å². The molecule has 0 aromatic heterocycles. The largest absolute Gasteiger partial charge is 0.396 e. The summed E-state index contributed by atoms with van der Waals surface area (Å²) in [6.07, 6.45) is 12.6. The maximum atomic E-state index is 10.8. The van der Waals surface area contributed by atoms with Gasteiger partial charge in [-0.25, -0.2) is 0 Å². The van der Waals surface area contributed by atoms with E-state index >= 15 is 0 Å². The van der Waals surface area contributed by atoms with Gasteiger partial charge < -0.3 is 10.2 Å². The van der Waals surface area contributed by atoms with E-state index < -0.39 is 0 Å². The maximum absolute atomic E-state index is 10.8. The van der Waals surface area contributed by atoms with Crippen molar-refractivity contribution in [3.63, 3.8) is 0 Å². The van der Waals surface area contributed by atoms with Crippen LogP contribution < -0.4 is 0 Å². The molecule has 144 valence electrons. The Bertz CT molecular complexity index is 490. The van der Waals surface area contributed by atoms with Gasteiger partial charge in [-0.1, -0.05) is 20.8 Å². The van der Waals surface area contributed by atoms with Crippen LogP contribution in [-0.2, 0) is 0 Å². The van der Waals surface area contributed by atoms with Crippen LogP contribution in [0.5, 0.6) is 0 Å². The van der Waals surface area contributed by atoms with Crippen LogP contribution in [0.3, 0.4) is 0 Å². The van der Waals surface area contributed by atoms with Gasteiger partial charge in [0.2, 0.25) is 0 Å². The first-order valence-corrected chi connectivity index (χ1v) is 11.2. The minimum atomic E-state index is -0.355. The van der Waals surface area contributed by atoms with Crippen LogP contribution in [0.2, 0.25) is 0 Å². The third kappa shape index (κ3) is 2.81. The molecular formula is C23H40O2. The van der Waals surface area contributed by atoms with Crippen LogP contribution in [0.25, 0.3) is 0 Å². The van der Waals surface area contributed by atoms with Crippen LogP contribution in [0, 0.1) is 46.8 Å². The Hall–Kier alpha value is -0.0800. The van der Waals surface area contributed by atoms with Gasteiger partial charge in [-0.05, 0) is 111 Å². The minimum absolute atomic E-state index is 0.355. The van der Waals surface area contributed by atoms with Crippen molar-refractivity contribution in [3.8, 4) is 0 Å². The summed E-state index contributed by atoms with van der Waals surface area (Å²) in [7, 11) is 0. The molecule has 0 spiro atoms. The monoisotopic (exact) mass is 348 g/mol. The Morgan fingerprint density at radius 3 is 2.44 bits per heavy atom. The standard InChI is InChI=1S/C23H40O2/c1-4-23(25)12-10-17-16(13-23)5-6-19-18(17)9-11-22(3)20(15(2)14-24)7-8-21(19)22/h15-21,24-25H,4-14H2,1-3H3/t15?,16-,17+,18-,19-,20-,21+,22-,23-/m1/s1. The van der Waals surface area contributed by atoms with E-state index in [1.165, 1.54) is 44.9 Å². The average Bonchev–Trinajstić information content (AvgIpc) is 2.98. The van der Waals surface area contributed by atoms with Crippen molar-refractivity contribution in [2.75, 3.05) is 6.61 Å². The van der Waals surface area contributed by atoms with E-state index in [0.29, 0.717) is 17.9 Å². The summed E-state index contributed by atoms with van der Waals surface area (Å²) in [5.74, 6) is 5.65. The molecule has 4 fully saturated rings. The lowest BCUT2D eigenvalue weighted by atomic mass is 9.48. The molecule has 9 atom stereocenters. The molecule has 0 radical (unpaired) electrons. The molecule has 2 heteroatoms. The number of aliphatic hydroxyl groups excluding tert-OH is 1. The summed E-state index contributed by atoms with van der Waals surface area (Å²) in [6, 6.07) is 0. The molecular weight excluding hydrogens is 308 g/mol. The lowest BCUT2D eigenvalue weighted by Gasteiger charge is -2.57. The minimum Gasteiger partial charge on any atom is -0.396 e. The van der Waals surface area contributed by atoms with Crippen molar-refractivity contribution in [2.45, 2.75) is 90.6 Å². The summed E-state index contributed by atoms with van der Waals surface area (Å²) in [5, 5.41) is 20.5. The highest BCUT2D eigenvalue weighted by Gasteiger charge is 2.58. The van der Waals surface area contributed by atoms with Crippen molar-refractivity contribution in [1.29, 1.82) is 0 Å². The third-order valence-electron chi connectivity index (χ3n) is 9.81. The molecule has 0 aromatic rings. The molecule has 0 aliphatic heterocycles. The van der Waals surface area contributed by atoms with Crippen molar-refractivity contribution in [3.05, 3.63) is 0 Å². The Balaban J connectivity index is 1.51. The van der Waals surface area contributed by atoms with Crippen LogP contribution in [0.1, 0.15) is 85.0 Å². The fourth-order valence-electron chi connectivity index (χ4n) is 8.39. The van der Waals surface area contributed by atoms with Gasteiger partial charge in [-0.3, -0.25) is 0 Å². The molecule has 2 N–H and O–H groups in total. The predicted octanol–water partition coefficient (Wildman–Crippen LogP) is 5.02. The summed E-state index contributed by atoms with van der Waals surface area (Å²) >= 11 is 0. The zero-order valence-electron chi connectivity index (χ0n) is 16.7. The zero-order valence-corrected chi connectivity index (χ0v) is 16.7. The SMILES string of the molecule is CC[C@@]1(O)CC[C@H]2[C@H](CC[C@@H]3[C@@H]2CC[C@]2(C)[C@@H](C(C)CO)CC[C@@H]32)C1. The Kier molecular flexibility index (Phi) is 4.77. The second-order valence-corrected chi connectivity index (χ2v) is 10.6. The van der Waals surface area contributed by atoms with Crippen molar-refractivity contribution in [1.82, 2.24) is 0 Å². The van der Waals surface area contributed by atoms with Gasteiger partial charge in [0, 0.05) is 6.61 Å². The highest BCUT2D eigenvalue weighted by molar-refractivity contribution is 5.07. The number of fused-ring (bicyclic) bond motifs is 5.